The third-order valence-electron chi connectivity index (χ3n) is 5.46. The van der Waals surface area contributed by atoms with Crippen LogP contribution in [-0.4, -0.2) is 58.6 Å². The van der Waals surface area contributed by atoms with Crippen LogP contribution >= 0.6 is 0 Å². The van der Waals surface area contributed by atoms with E-state index >= 15 is 0 Å². The molecular formula is C25H50O5. The molecule has 0 spiro atoms. The van der Waals surface area contributed by atoms with Crippen molar-refractivity contribution in [2.24, 2.45) is 11.8 Å². The predicted octanol–water partition coefficient (Wildman–Crippen LogP) is 5.83. The monoisotopic (exact) mass is 430 g/mol. The molecule has 5 nitrogen and oxygen atoms in total. The van der Waals surface area contributed by atoms with E-state index in [1.54, 1.807) is 0 Å². The lowest BCUT2D eigenvalue weighted by Crippen LogP contribution is -2.19. The Bertz CT molecular complexity index is 353. The molecule has 0 aliphatic rings. The molecule has 0 aromatic heterocycles. The SMILES string of the molecule is CCCCC(CCCC)CCCOCCOCCOCCOCC(=O)C(C)CCC. The Balaban J connectivity index is 3.36. The second-order valence-electron chi connectivity index (χ2n) is 8.34. The van der Waals surface area contributed by atoms with Crippen LogP contribution < -0.4 is 0 Å². The normalized spacial score (nSPS) is 12.6. The van der Waals surface area contributed by atoms with Gasteiger partial charge in [-0.1, -0.05) is 72.6 Å². The second kappa shape index (κ2) is 23.2. The first-order valence-corrected chi connectivity index (χ1v) is 12.5. The molecule has 5 heteroatoms. The van der Waals surface area contributed by atoms with Crippen LogP contribution in [0.5, 0.6) is 0 Å². The van der Waals surface area contributed by atoms with E-state index in [2.05, 4.69) is 20.8 Å². The lowest BCUT2D eigenvalue weighted by Gasteiger charge is -2.16. The molecule has 0 radical (unpaired) electrons. The van der Waals surface area contributed by atoms with E-state index in [4.69, 9.17) is 18.9 Å². The minimum absolute atomic E-state index is 0.0927. The summed E-state index contributed by atoms with van der Waals surface area (Å²) in [5.41, 5.74) is 0. The van der Waals surface area contributed by atoms with E-state index in [9.17, 15) is 4.79 Å². The molecule has 180 valence electrons. The van der Waals surface area contributed by atoms with Crippen molar-refractivity contribution in [2.75, 3.05) is 52.9 Å². The van der Waals surface area contributed by atoms with Gasteiger partial charge in [0.25, 0.3) is 0 Å². The van der Waals surface area contributed by atoms with Gasteiger partial charge in [-0.15, -0.1) is 0 Å². The van der Waals surface area contributed by atoms with Crippen LogP contribution in [0.1, 0.15) is 91.9 Å². The number of carbonyl (C=O) groups is 1. The highest BCUT2D eigenvalue weighted by molar-refractivity contribution is 5.81. The van der Waals surface area contributed by atoms with Crippen molar-refractivity contribution in [3.05, 3.63) is 0 Å². The summed E-state index contributed by atoms with van der Waals surface area (Å²) in [7, 11) is 0. The average Bonchev–Trinajstić information content (AvgIpc) is 2.75. The summed E-state index contributed by atoms with van der Waals surface area (Å²) in [4.78, 5) is 11.8. The molecule has 0 saturated heterocycles. The number of hydrogen-bond acceptors (Lipinski definition) is 5. The van der Waals surface area contributed by atoms with Crippen LogP contribution in [0.3, 0.4) is 0 Å². The zero-order valence-corrected chi connectivity index (χ0v) is 20.4. The van der Waals surface area contributed by atoms with Crippen molar-refractivity contribution in [3.8, 4) is 0 Å². The molecule has 0 heterocycles. The van der Waals surface area contributed by atoms with Crippen LogP contribution in [0.2, 0.25) is 0 Å². The zero-order valence-electron chi connectivity index (χ0n) is 20.4. The molecule has 0 N–H and O–H groups in total. The van der Waals surface area contributed by atoms with Crippen molar-refractivity contribution < 1.29 is 23.7 Å². The lowest BCUT2D eigenvalue weighted by atomic mass is 9.92. The zero-order chi connectivity index (χ0) is 22.3. The van der Waals surface area contributed by atoms with Gasteiger partial charge in [-0.3, -0.25) is 4.79 Å². The van der Waals surface area contributed by atoms with Crippen LogP contribution in [0.15, 0.2) is 0 Å². The standard InChI is InChI=1S/C25H50O5/c1-5-8-12-24(13-9-6-2)14-10-15-27-16-17-28-18-19-29-20-21-30-22-25(26)23(4)11-7-3/h23-24H,5-22H2,1-4H3. The minimum Gasteiger partial charge on any atom is -0.379 e. The van der Waals surface area contributed by atoms with E-state index in [1.807, 2.05) is 6.92 Å². The molecular weight excluding hydrogens is 380 g/mol. The van der Waals surface area contributed by atoms with Gasteiger partial charge >= 0.3 is 0 Å². The Morgan fingerprint density at radius 3 is 1.57 bits per heavy atom. The van der Waals surface area contributed by atoms with E-state index in [1.165, 1.54) is 44.9 Å². The van der Waals surface area contributed by atoms with Gasteiger partial charge in [-0.25, -0.2) is 0 Å². The summed E-state index contributed by atoms with van der Waals surface area (Å²) in [6.45, 7) is 12.9. The average molecular weight is 431 g/mol. The number of hydrogen-bond donors (Lipinski definition) is 0. The minimum atomic E-state index is 0.0927. The summed E-state index contributed by atoms with van der Waals surface area (Å²) in [6, 6.07) is 0. The summed E-state index contributed by atoms with van der Waals surface area (Å²) in [6.07, 6.45) is 12.5. The molecule has 0 bridgehead atoms. The maximum Gasteiger partial charge on any atom is 0.161 e. The molecule has 0 rings (SSSR count). The van der Waals surface area contributed by atoms with Crippen molar-refractivity contribution >= 4 is 5.78 Å². The first kappa shape index (κ1) is 29.5. The van der Waals surface area contributed by atoms with Crippen molar-refractivity contribution in [2.45, 2.75) is 91.9 Å². The fourth-order valence-corrected chi connectivity index (χ4v) is 3.46. The third-order valence-corrected chi connectivity index (χ3v) is 5.46. The number of rotatable bonds is 24. The highest BCUT2D eigenvalue weighted by Gasteiger charge is 2.11. The fraction of sp³-hybridized carbons (Fsp3) is 0.960. The predicted molar refractivity (Wildman–Crippen MR) is 124 cm³/mol. The Labute approximate surface area is 186 Å². The van der Waals surface area contributed by atoms with Crippen LogP contribution in [0.4, 0.5) is 0 Å². The van der Waals surface area contributed by atoms with E-state index in [0.717, 1.165) is 31.8 Å². The Kier molecular flexibility index (Phi) is 22.8. The molecule has 1 atom stereocenters. The quantitative estimate of drug-likeness (QED) is 0.180. The Morgan fingerprint density at radius 1 is 0.600 bits per heavy atom. The summed E-state index contributed by atoms with van der Waals surface area (Å²) < 4.78 is 22.0. The Morgan fingerprint density at radius 2 is 1.07 bits per heavy atom. The molecule has 0 amide bonds. The smallest absolute Gasteiger partial charge is 0.161 e. The van der Waals surface area contributed by atoms with Crippen molar-refractivity contribution in [1.29, 1.82) is 0 Å². The van der Waals surface area contributed by atoms with E-state index in [-0.39, 0.29) is 18.3 Å². The molecule has 0 aliphatic carbocycles. The van der Waals surface area contributed by atoms with Gasteiger partial charge in [0.05, 0.1) is 39.6 Å². The van der Waals surface area contributed by atoms with Gasteiger partial charge in [-0.2, -0.15) is 0 Å². The van der Waals surface area contributed by atoms with Crippen molar-refractivity contribution in [1.82, 2.24) is 0 Å². The summed E-state index contributed by atoms with van der Waals surface area (Å²) in [5, 5.41) is 0. The lowest BCUT2D eigenvalue weighted by molar-refractivity contribution is -0.127. The number of carbonyl (C=O) groups excluding carboxylic acids is 1. The summed E-state index contributed by atoms with van der Waals surface area (Å²) in [5.74, 6) is 1.15. The fourth-order valence-electron chi connectivity index (χ4n) is 3.46. The molecule has 0 saturated carbocycles. The maximum absolute atomic E-state index is 11.8. The number of ketones is 1. The van der Waals surface area contributed by atoms with Gasteiger partial charge in [0.15, 0.2) is 5.78 Å². The third kappa shape index (κ3) is 19.5. The van der Waals surface area contributed by atoms with Crippen LogP contribution in [0.25, 0.3) is 0 Å². The topological polar surface area (TPSA) is 54.0 Å². The van der Waals surface area contributed by atoms with Crippen molar-refractivity contribution in [3.63, 3.8) is 0 Å². The largest absolute Gasteiger partial charge is 0.379 e. The molecule has 30 heavy (non-hydrogen) atoms. The van der Waals surface area contributed by atoms with Crippen LogP contribution in [0, 0.1) is 11.8 Å². The molecule has 0 fully saturated rings. The highest BCUT2D eigenvalue weighted by atomic mass is 16.6. The highest BCUT2D eigenvalue weighted by Crippen LogP contribution is 2.21. The van der Waals surface area contributed by atoms with E-state index < -0.39 is 0 Å². The van der Waals surface area contributed by atoms with Gasteiger partial charge in [0.1, 0.15) is 6.61 Å². The second-order valence-corrected chi connectivity index (χ2v) is 8.34. The van der Waals surface area contributed by atoms with Crippen LogP contribution in [-0.2, 0) is 23.7 Å². The van der Waals surface area contributed by atoms with Gasteiger partial charge in [0, 0.05) is 12.5 Å². The number of Topliss-reactive ketones (excluding diaryl/α,β-unsaturated/α-hetero) is 1. The summed E-state index contributed by atoms with van der Waals surface area (Å²) >= 11 is 0. The molecule has 1 unspecified atom stereocenters. The van der Waals surface area contributed by atoms with Gasteiger partial charge < -0.3 is 18.9 Å². The Hall–Kier alpha value is -0.490. The number of unbranched alkanes of at least 4 members (excludes halogenated alkanes) is 2. The van der Waals surface area contributed by atoms with Gasteiger partial charge in [0.2, 0.25) is 0 Å². The van der Waals surface area contributed by atoms with Gasteiger partial charge in [-0.05, 0) is 25.2 Å². The maximum atomic E-state index is 11.8. The molecule has 0 aromatic carbocycles. The molecule has 0 aliphatic heterocycles. The van der Waals surface area contributed by atoms with E-state index in [0.29, 0.717) is 39.6 Å². The first-order valence-electron chi connectivity index (χ1n) is 12.5. The number of ether oxygens (including phenoxy) is 4. The first-order chi connectivity index (χ1) is 14.7. The molecule has 0 aromatic rings.